The second kappa shape index (κ2) is 15.6. The van der Waals surface area contributed by atoms with Crippen LogP contribution in [-0.4, -0.2) is 35.8 Å². The van der Waals surface area contributed by atoms with E-state index in [0.29, 0.717) is 32.4 Å². The van der Waals surface area contributed by atoms with Gasteiger partial charge in [0.05, 0.1) is 6.61 Å². The topological polar surface area (TPSA) is 63.7 Å². The molecule has 0 N–H and O–H groups in total. The van der Waals surface area contributed by atoms with Crippen molar-refractivity contribution in [3.63, 3.8) is 0 Å². The van der Waals surface area contributed by atoms with E-state index >= 15 is 0 Å². The van der Waals surface area contributed by atoms with E-state index in [1.807, 2.05) is 0 Å². The number of unbranched alkanes of at least 4 members (excludes halogenated alkanes) is 11. The molecular formula is C22H39NO4. The number of hydrogen-bond donors (Lipinski definition) is 0. The molecule has 1 heterocycles. The number of amides is 2. The van der Waals surface area contributed by atoms with E-state index in [4.69, 9.17) is 4.74 Å². The average Bonchev–Trinajstić information content (AvgIpc) is 2.97. The Hall–Kier alpha value is -1.39. The van der Waals surface area contributed by atoms with Crippen LogP contribution in [0.15, 0.2) is 0 Å². The number of carbonyl (C=O) groups is 3. The quantitative estimate of drug-likeness (QED) is 0.198. The van der Waals surface area contributed by atoms with Crippen LogP contribution in [0, 0.1) is 0 Å². The lowest BCUT2D eigenvalue weighted by Gasteiger charge is -2.12. The van der Waals surface area contributed by atoms with Crippen molar-refractivity contribution in [2.75, 3.05) is 13.2 Å². The van der Waals surface area contributed by atoms with Gasteiger partial charge in [0.2, 0.25) is 11.8 Å². The number of carbonyl (C=O) groups excluding carboxylic acids is 3. The fourth-order valence-corrected chi connectivity index (χ4v) is 3.44. The summed E-state index contributed by atoms with van der Waals surface area (Å²) >= 11 is 0. The highest BCUT2D eigenvalue weighted by Gasteiger charge is 2.27. The van der Waals surface area contributed by atoms with Crippen LogP contribution in [0.4, 0.5) is 0 Å². The SMILES string of the molecule is CCCCCCCCCCCCOC(=O)CCCCCN1C(=O)CCC1=O. The van der Waals surface area contributed by atoms with Gasteiger partial charge in [-0.2, -0.15) is 0 Å². The van der Waals surface area contributed by atoms with Gasteiger partial charge in [-0.05, 0) is 19.3 Å². The second-order valence-corrected chi connectivity index (χ2v) is 7.65. The lowest BCUT2D eigenvalue weighted by Crippen LogP contribution is -2.29. The van der Waals surface area contributed by atoms with E-state index < -0.39 is 0 Å². The number of esters is 1. The molecule has 0 atom stereocenters. The van der Waals surface area contributed by atoms with Gasteiger partial charge in [0.15, 0.2) is 0 Å². The predicted molar refractivity (Wildman–Crippen MR) is 107 cm³/mol. The first-order valence-corrected chi connectivity index (χ1v) is 11.1. The molecule has 0 saturated carbocycles. The first-order chi connectivity index (χ1) is 13.1. The first kappa shape index (κ1) is 23.6. The Morgan fingerprint density at radius 1 is 0.778 bits per heavy atom. The lowest BCUT2D eigenvalue weighted by atomic mass is 10.1. The molecule has 0 spiro atoms. The summed E-state index contributed by atoms with van der Waals surface area (Å²) in [5.41, 5.74) is 0. The van der Waals surface area contributed by atoms with Gasteiger partial charge in [-0.15, -0.1) is 0 Å². The Bertz CT molecular complexity index is 420. The van der Waals surface area contributed by atoms with Crippen molar-refractivity contribution in [3.05, 3.63) is 0 Å². The van der Waals surface area contributed by atoms with Crippen LogP contribution in [0.1, 0.15) is 110 Å². The molecule has 0 unspecified atom stereocenters. The van der Waals surface area contributed by atoms with Gasteiger partial charge in [-0.25, -0.2) is 0 Å². The summed E-state index contributed by atoms with van der Waals surface area (Å²) in [5, 5.41) is 0. The van der Waals surface area contributed by atoms with Crippen molar-refractivity contribution in [3.8, 4) is 0 Å². The highest BCUT2D eigenvalue weighted by molar-refractivity contribution is 6.01. The number of imide groups is 1. The summed E-state index contributed by atoms with van der Waals surface area (Å²) in [6.45, 7) is 3.27. The molecule has 1 aliphatic rings. The normalized spacial score (nSPS) is 14.2. The van der Waals surface area contributed by atoms with Crippen LogP contribution in [0.3, 0.4) is 0 Å². The Morgan fingerprint density at radius 2 is 1.30 bits per heavy atom. The Morgan fingerprint density at radius 3 is 1.89 bits per heavy atom. The van der Waals surface area contributed by atoms with Crippen molar-refractivity contribution in [2.45, 2.75) is 110 Å². The summed E-state index contributed by atoms with van der Waals surface area (Å²) in [5.74, 6) is -0.244. The highest BCUT2D eigenvalue weighted by Crippen LogP contribution is 2.14. The van der Waals surface area contributed by atoms with Crippen LogP contribution >= 0.6 is 0 Å². The molecular weight excluding hydrogens is 342 g/mol. The third-order valence-electron chi connectivity index (χ3n) is 5.18. The third-order valence-corrected chi connectivity index (χ3v) is 5.18. The van der Waals surface area contributed by atoms with Crippen LogP contribution in [0.25, 0.3) is 0 Å². The van der Waals surface area contributed by atoms with E-state index in [-0.39, 0.29) is 17.8 Å². The molecule has 0 aromatic heterocycles. The molecule has 1 rings (SSSR count). The molecule has 1 saturated heterocycles. The predicted octanol–water partition coefficient (Wildman–Crippen LogP) is 5.16. The number of nitrogens with zero attached hydrogens (tertiary/aromatic N) is 1. The fourth-order valence-electron chi connectivity index (χ4n) is 3.44. The van der Waals surface area contributed by atoms with Crippen molar-refractivity contribution in [1.82, 2.24) is 4.90 Å². The maximum Gasteiger partial charge on any atom is 0.305 e. The van der Waals surface area contributed by atoms with Gasteiger partial charge < -0.3 is 4.74 Å². The standard InChI is InChI=1S/C22H39NO4/c1-2-3-4-5-6-7-8-9-10-14-19-27-22(26)15-12-11-13-18-23-20(24)16-17-21(23)25/h2-19H2,1H3. The first-order valence-electron chi connectivity index (χ1n) is 11.1. The van der Waals surface area contributed by atoms with Gasteiger partial charge in [0, 0.05) is 25.8 Å². The molecule has 1 aliphatic heterocycles. The second-order valence-electron chi connectivity index (χ2n) is 7.65. The van der Waals surface area contributed by atoms with Gasteiger partial charge in [0.25, 0.3) is 0 Å². The molecule has 5 heteroatoms. The summed E-state index contributed by atoms with van der Waals surface area (Å²) < 4.78 is 5.27. The zero-order valence-corrected chi connectivity index (χ0v) is 17.3. The van der Waals surface area contributed by atoms with Crippen LogP contribution in [0.5, 0.6) is 0 Å². The number of rotatable bonds is 17. The van der Waals surface area contributed by atoms with Crippen molar-refractivity contribution >= 4 is 17.8 Å². The molecule has 0 aromatic carbocycles. The van der Waals surface area contributed by atoms with E-state index in [0.717, 1.165) is 32.1 Å². The maximum atomic E-state index is 11.7. The Labute approximate surface area is 165 Å². The van der Waals surface area contributed by atoms with E-state index in [2.05, 4.69) is 6.92 Å². The molecule has 0 radical (unpaired) electrons. The van der Waals surface area contributed by atoms with Crippen molar-refractivity contribution in [1.29, 1.82) is 0 Å². The minimum atomic E-state index is -0.126. The zero-order chi connectivity index (χ0) is 19.7. The summed E-state index contributed by atoms with van der Waals surface area (Å²) in [7, 11) is 0. The van der Waals surface area contributed by atoms with Crippen LogP contribution in [-0.2, 0) is 19.1 Å². The average molecular weight is 382 g/mol. The lowest BCUT2D eigenvalue weighted by molar-refractivity contribution is -0.144. The largest absolute Gasteiger partial charge is 0.466 e. The third kappa shape index (κ3) is 11.8. The minimum Gasteiger partial charge on any atom is -0.466 e. The molecule has 27 heavy (non-hydrogen) atoms. The Kier molecular flexibility index (Phi) is 13.7. The van der Waals surface area contributed by atoms with E-state index in [1.54, 1.807) is 0 Å². The molecule has 2 amide bonds. The highest BCUT2D eigenvalue weighted by atomic mass is 16.5. The monoisotopic (exact) mass is 381 g/mol. The van der Waals surface area contributed by atoms with Gasteiger partial charge >= 0.3 is 5.97 Å². The summed E-state index contributed by atoms with van der Waals surface area (Å²) in [6, 6.07) is 0. The number of ether oxygens (including phenoxy) is 1. The Balaban J connectivity index is 1.82. The van der Waals surface area contributed by atoms with Crippen molar-refractivity contribution in [2.24, 2.45) is 0 Å². The van der Waals surface area contributed by atoms with Crippen LogP contribution < -0.4 is 0 Å². The molecule has 0 aliphatic carbocycles. The molecule has 5 nitrogen and oxygen atoms in total. The van der Waals surface area contributed by atoms with Gasteiger partial charge in [-0.1, -0.05) is 71.1 Å². The van der Waals surface area contributed by atoms with Crippen LogP contribution in [0.2, 0.25) is 0 Å². The number of hydrogen-bond acceptors (Lipinski definition) is 4. The number of likely N-dealkylation sites (tertiary alicyclic amines) is 1. The van der Waals surface area contributed by atoms with Gasteiger partial charge in [-0.3, -0.25) is 19.3 Å². The van der Waals surface area contributed by atoms with E-state index in [1.165, 1.54) is 56.3 Å². The zero-order valence-electron chi connectivity index (χ0n) is 17.3. The van der Waals surface area contributed by atoms with Crippen molar-refractivity contribution < 1.29 is 19.1 Å². The molecule has 0 aromatic rings. The summed E-state index contributed by atoms with van der Waals surface area (Å²) in [6.07, 6.45) is 16.2. The minimum absolute atomic E-state index is 0.0593. The summed E-state index contributed by atoms with van der Waals surface area (Å²) in [4.78, 5) is 36.0. The van der Waals surface area contributed by atoms with E-state index in [9.17, 15) is 14.4 Å². The molecule has 156 valence electrons. The maximum absolute atomic E-state index is 11.7. The smallest absolute Gasteiger partial charge is 0.305 e. The molecule has 0 bridgehead atoms. The van der Waals surface area contributed by atoms with Gasteiger partial charge in [0.1, 0.15) is 0 Å². The molecule has 1 fully saturated rings. The fraction of sp³-hybridized carbons (Fsp3) is 0.864.